The third kappa shape index (κ3) is 3.39. The smallest absolute Gasteiger partial charge is 0.231 e. The third-order valence-corrected chi connectivity index (χ3v) is 3.69. The van der Waals surface area contributed by atoms with E-state index in [9.17, 15) is 4.79 Å². The van der Waals surface area contributed by atoms with Crippen molar-refractivity contribution < 1.29 is 4.79 Å². The molecule has 1 amide bonds. The summed E-state index contributed by atoms with van der Waals surface area (Å²) in [6.45, 7) is 2.00. The molecule has 0 aliphatic rings. The summed E-state index contributed by atoms with van der Waals surface area (Å²) in [5.41, 5.74) is 8.12. The van der Waals surface area contributed by atoms with Crippen LogP contribution in [0.4, 0.5) is 11.4 Å². The fraction of sp³-hybridized carbons (Fsp3) is 0.188. The molecular weight excluding hydrogens is 316 g/mol. The van der Waals surface area contributed by atoms with Crippen LogP contribution < -0.4 is 11.1 Å². The lowest BCUT2D eigenvalue weighted by Crippen LogP contribution is -2.21. The molecule has 20 heavy (non-hydrogen) atoms. The van der Waals surface area contributed by atoms with Crippen molar-refractivity contribution in [1.82, 2.24) is 0 Å². The zero-order valence-electron chi connectivity index (χ0n) is 11.3. The summed E-state index contributed by atoms with van der Waals surface area (Å²) in [6.07, 6.45) is 0.742. The van der Waals surface area contributed by atoms with Gasteiger partial charge in [-0.25, -0.2) is 0 Å². The Kier molecular flexibility index (Phi) is 4.79. The lowest BCUT2D eigenvalue weighted by atomic mass is 9.95. The van der Waals surface area contributed by atoms with Crippen LogP contribution in [0.15, 0.2) is 53.0 Å². The maximum atomic E-state index is 12.4. The van der Waals surface area contributed by atoms with E-state index in [4.69, 9.17) is 5.73 Å². The summed E-state index contributed by atoms with van der Waals surface area (Å²) in [6, 6.07) is 15.2. The van der Waals surface area contributed by atoms with Crippen LogP contribution in [0, 0.1) is 0 Å². The first-order valence-electron chi connectivity index (χ1n) is 6.52. The van der Waals surface area contributed by atoms with Gasteiger partial charge in [0.15, 0.2) is 0 Å². The molecule has 3 nitrogen and oxygen atoms in total. The fourth-order valence-corrected chi connectivity index (χ4v) is 2.50. The van der Waals surface area contributed by atoms with E-state index >= 15 is 0 Å². The van der Waals surface area contributed by atoms with E-state index in [2.05, 4.69) is 21.2 Å². The Balaban J connectivity index is 2.18. The quantitative estimate of drug-likeness (QED) is 0.826. The number of nitrogens with one attached hydrogen (secondary N) is 1. The van der Waals surface area contributed by atoms with Crippen molar-refractivity contribution in [2.75, 3.05) is 11.1 Å². The maximum Gasteiger partial charge on any atom is 0.231 e. The SMILES string of the molecule is CCC(C(=O)Nc1ccc(Br)cc1N)c1ccccc1. The number of anilines is 2. The van der Waals surface area contributed by atoms with Crippen LogP contribution in [0.1, 0.15) is 24.8 Å². The number of benzene rings is 2. The van der Waals surface area contributed by atoms with E-state index in [-0.39, 0.29) is 11.8 Å². The summed E-state index contributed by atoms with van der Waals surface area (Å²) in [4.78, 5) is 12.4. The van der Waals surface area contributed by atoms with Gasteiger partial charge in [0.25, 0.3) is 0 Å². The molecule has 0 fully saturated rings. The number of nitrogens with two attached hydrogens (primary N) is 1. The summed E-state index contributed by atoms with van der Waals surface area (Å²) in [7, 11) is 0. The molecule has 1 atom stereocenters. The highest BCUT2D eigenvalue weighted by Gasteiger charge is 2.19. The Morgan fingerprint density at radius 2 is 1.95 bits per heavy atom. The number of carbonyl (C=O) groups is 1. The largest absolute Gasteiger partial charge is 0.397 e. The zero-order chi connectivity index (χ0) is 14.5. The summed E-state index contributed by atoms with van der Waals surface area (Å²) in [5.74, 6) is -0.202. The Hall–Kier alpha value is -1.81. The average molecular weight is 333 g/mol. The van der Waals surface area contributed by atoms with Crippen LogP contribution in [0.25, 0.3) is 0 Å². The van der Waals surface area contributed by atoms with Crippen LogP contribution in [-0.4, -0.2) is 5.91 Å². The van der Waals surface area contributed by atoms with E-state index in [0.717, 1.165) is 16.5 Å². The highest BCUT2D eigenvalue weighted by Crippen LogP contribution is 2.26. The van der Waals surface area contributed by atoms with Crippen LogP contribution in [0.2, 0.25) is 0 Å². The van der Waals surface area contributed by atoms with E-state index in [1.54, 1.807) is 12.1 Å². The van der Waals surface area contributed by atoms with Crippen molar-refractivity contribution in [3.05, 3.63) is 58.6 Å². The molecule has 2 rings (SSSR count). The monoisotopic (exact) mass is 332 g/mol. The van der Waals surface area contributed by atoms with Crippen molar-refractivity contribution in [2.24, 2.45) is 0 Å². The molecule has 0 aliphatic carbocycles. The molecule has 0 spiro atoms. The minimum Gasteiger partial charge on any atom is -0.397 e. The molecule has 0 aliphatic heterocycles. The van der Waals surface area contributed by atoms with Gasteiger partial charge in [-0.05, 0) is 30.2 Å². The molecular formula is C16H17BrN2O. The van der Waals surface area contributed by atoms with Crippen molar-refractivity contribution in [3.8, 4) is 0 Å². The van der Waals surface area contributed by atoms with Gasteiger partial charge in [0, 0.05) is 4.47 Å². The van der Waals surface area contributed by atoms with Crippen LogP contribution in [0.5, 0.6) is 0 Å². The lowest BCUT2D eigenvalue weighted by Gasteiger charge is -2.16. The maximum absolute atomic E-state index is 12.4. The summed E-state index contributed by atoms with van der Waals surface area (Å²) >= 11 is 3.35. The zero-order valence-corrected chi connectivity index (χ0v) is 12.9. The Morgan fingerprint density at radius 1 is 1.25 bits per heavy atom. The Labute approximate surface area is 127 Å². The van der Waals surface area contributed by atoms with Gasteiger partial charge in [0.05, 0.1) is 17.3 Å². The molecule has 1 unspecified atom stereocenters. The molecule has 0 bridgehead atoms. The topological polar surface area (TPSA) is 55.1 Å². The second-order valence-corrected chi connectivity index (χ2v) is 5.51. The minimum atomic E-state index is -0.167. The molecule has 3 N–H and O–H groups in total. The molecule has 0 radical (unpaired) electrons. The number of hydrogen-bond donors (Lipinski definition) is 2. The number of carbonyl (C=O) groups excluding carboxylic acids is 1. The molecule has 0 saturated heterocycles. The lowest BCUT2D eigenvalue weighted by molar-refractivity contribution is -0.117. The van der Waals surface area contributed by atoms with Gasteiger partial charge in [0.2, 0.25) is 5.91 Å². The van der Waals surface area contributed by atoms with Crippen molar-refractivity contribution in [3.63, 3.8) is 0 Å². The predicted molar refractivity (Wildman–Crippen MR) is 86.7 cm³/mol. The fourth-order valence-electron chi connectivity index (χ4n) is 2.13. The van der Waals surface area contributed by atoms with Crippen LogP contribution in [0.3, 0.4) is 0 Å². The molecule has 0 heterocycles. The van der Waals surface area contributed by atoms with E-state index < -0.39 is 0 Å². The first-order chi connectivity index (χ1) is 9.61. The normalized spacial score (nSPS) is 11.9. The highest BCUT2D eigenvalue weighted by atomic mass is 79.9. The number of halogens is 1. The van der Waals surface area contributed by atoms with Gasteiger partial charge < -0.3 is 11.1 Å². The standard InChI is InChI=1S/C16H17BrN2O/c1-2-13(11-6-4-3-5-7-11)16(20)19-15-9-8-12(17)10-14(15)18/h3-10,13H,2,18H2,1H3,(H,19,20). The number of rotatable bonds is 4. The molecule has 104 valence electrons. The first kappa shape index (κ1) is 14.6. The Bertz CT molecular complexity index is 599. The molecule has 2 aromatic rings. The summed E-state index contributed by atoms with van der Waals surface area (Å²) in [5, 5.41) is 2.90. The van der Waals surface area contributed by atoms with E-state index in [0.29, 0.717) is 11.4 Å². The van der Waals surface area contributed by atoms with Crippen LogP contribution in [-0.2, 0) is 4.79 Å². The van der Waals surface area contributed by atoms with Gasteiger partial charge in [-0.1, -0.05) is 53.2 Å². The molecule has 4 heteroatoms. The number of amides is 1. The van der Waals surface area contributed by atoms with Gasteiger partial charge >= 0.3 is 0 Å². The van der Waals surface area contributed by atoms with E-state index in [1.807, 2.05) is 43.3 Å². The number of hydrogen-bond acceptors (Lipinski definition) is 2. The van der Waals surface area contributed by atoms with Crippen molar-refractivity contribution >= 4 is 33.2 Å². The minimum absolute atomic E-state index is 0.0345. The number of nitrogen functional groups attached to an aromatic ring is 1. The molecule has 0 aromatic heterocycles. The second kappa shape index (κ2) is 6.57. The first-order valence-corrected chi connectivity index (χ1v) is 7.32. The van der Waals surface area contributed by atoms with Gasteiger partial charge in [-0.15, -0.1) is 0 Å². The van der Waals surface area contributed by atoms with Gasteiger partial charge in [-0.2, -0.15) is 0 Å². The predicted octanol–water partition coefficient (Wildman–Crippen LogP) is 4.16. The molecule has 0 saturated carbocycles. The summed E-state index contributed by atoms with van der Waals surface area (Å²) < 4.78 is 0.892. The van der Waals surface area contributed by atoms with Crippen LogP contribution >= 0.6 is 15.9 Å². The average Bonchev–Trinajstić information content (AvgIpc) is 2.44. The van der Waals surface area contributed by atoms with Gasteiger partial charge in [-0.3, -0.25) is 4.79 Å². The van der Waals surface area contributed by atoms with Gasteiger partial charge in [0.1, 0.15) is 0 Å². The van der Waals surface area contributed by atoms with E-state index in [1.165, 1.54) is 0 Å². The van der Waals surface area contributed by atoms with Crippen molar-refractivity contribution in [1.29, 1.82) is 0 Å². The third-order valence-electron chi connectivity index (χ3n) is 3.20. The Morgan fingerprint density at radius 3 is 2.55 bits per heavy atom. The van der Waals surface area contributed by atoms with Crippen molar-refractivity contribution in [2.45, 2.75) is 19.3 Å². The second-order valence-electron chi connectivity index (χ2n) is 4.59. The molecule has 2 aromatic carbocycles. The highest BCUT2D eigenvalue weighted by molar-refractivity contribution is 9.10.